The monoisotopic (exact) mass is 370 g/mol. The van der Waals surface area contributed by atoms with Gasteiger partial charge in [0, 0.05) is 37.1 Å². The molecule has 0 radical (unpaired) electrons. The number of nitrogens with zero attached hydrogens (tertiary/aromatic N) is 2. The van der Waals surface area contributed by atoms with Crippen molar-refractivity contribution in [2.75, 3.05) is 19.6 Å². The zero-order valence-electron chi connectivity index (χ0n) is 15.3. The zero-order chi connectivity index (χ0) is 19.4. The Bertz CT molecular complexity index is 686. The van der Waals surface area contributed by atoms with Crippen LogP contribution in [0.3, 0.4) is 0 Å². The van der Waals surface area contributed by atoms with Crippen molar-refractivity contribution in [3.63, 3.8) is 0 Å². The summed E-state index contributed by atoms with van der Waals surface area (Å²) in [4.78, 5) is 14.6. The van der Waals surface area contributed by atoms with Crippen molar-refractivity contribution in [1.82, 2.24) is 9.80 Å². The molecule has 1 amide bonds. The molecule has 0 bridgehead atoms. The highest BCUT2D eigenvalue weighted by Crippen LogP contribution is 2.75. The number of carboxylic acid groups (broad SMARTS) is 1. The number of hydrogen-bond donors (Lipinski definition) is 1. The average molecular weight is 370 g/mol. The van der Waals surface area contributed by atoms with Crippen molar-refractivity contribution < 1.29 is 23.1 Å². The van der Waals surface area contributed by atoms with Crippen LogP contribution in [0.25, 0.3) is 0 Å². The standard InChI is InChI=1S/C19H25F3N2O2/c1-16(2,3)24(15(25)26)12-17-10-18(17,19(20,21)22)13-23(11-17)9-14-7-5-4-6-8-14/h4-8H,9-13H2,1-3H3,(H,25,26). The number of hydrogen-bond acceptors (Lipinski definition) is 2. The minimum absolute atomic E-state index is 0.00858. The van der Waals surface area contributed by atoms with E-state index in [1.165, 1.54) is 0 Å². The first kappa shape index (κ1) is 19.0. The van der Waals surface area contributed by atoms with Gasteiger partial charge in [-0.3, -0.25) is 4.90 Å². The number of carbonyl (C=O) groups is 1. The van der Waals surface area contributed by atoms with Crippen LogP contribution in [0.15, 0.2) is 30.3 Å². The third kappa shape index (κ3) is 3.06. The molecule has 26 heavy (non-hydrogen) atoms. The van der Waals surface area contributed by atoms with Crippen LogP contribution in [0, 0.1) is 10.8 Å². The number of halogens is 3. The van der Waals surface area contributed by atoms with Crippen molar-refractivity contribution in [2.45, 2.75) is 45.5 Å². The Morgan fingerprint density at radius 1 is 1.19 bits per heavy atom. The molecule has 2 aliphatic rings. The first-order valence-corrected chi connectivity index (χ1v) is 8.74. The molecule has 1 aliphatic carbocycles. The maximum absolute atomic E-state index is 13.9. The summed E-state index contributed by atoms with van der Waals surface area (Å²) >= 11 is 0. The van der Waals surface area contributed by atoms with E-state index in [0.717, 1.165) is 10.5 Å². The summed E-state index contributed by atoms with van der Waals surface area (Å²) < 4.78 is 41.7. The Labute approximate surface area is 151 Å². The maximum atomic E-state index is 13.9. The number of fused-ring (bicyclic) bond motifs is 1. The normalized spacial score (nSPS) is 28.7. The third-order valence-electron chi connectivity index (χ3n) is 5.84. The van der Waals surface area contributed by atoms with Gasteiger partial charge in [0.1, 0.15) is 0 Å². The molecule has 4 nitrogen and oxygen atoms in total. The molecular weight excluding hydrogens is 345 g/mol. The SMILES string of the molecule is CC(C)(C)N(CC12CN(Cc3ccccc3)CC1(C(F)(F)F)C2)C(=O)O. The van der Waals surface area contributed by atoms with Gasteiger partial charge in [0.2, 0.25) is 0 Å². The topological polar surface area (TPSA) is 43.8 Å². The summed E-state index contributed by atoms with van der Waals surface area (Å²) in [6, 6.07) is 9.41. The largest absolute Gasteiger partial charge is 0.465 e. The predicted octanol–water partition coefficient (Wildman–Crippen LogP) is 4.22. The van der Waals surface area contributed by atoms with E-state index in [9.17, 15) is 23.1 Å². The van der Waals surface area contributed by atoms with Crippen molar-refractivity contribution in [3.8, 4) is 0 Å². The lowest BCUT2D eigenvalue weighted by Crippen LogP contribution is -2.49. The second-order valence-corrected chi connectivity index (χ2v) is 8.71. The lowest BCUT2D eigenvalue weighted by atomic mass is 9.93. The number of likely N-dealkylation sites (tertiary alicyclic amines) is 1. The van der Waals surface area contributed by atoms with Gasteiger partial charge in [-0.05, 0) is 32.8 Å². The number of amides is 1. The smallest absolute Gasteiger partial charge is 0.407 e. The number of benzene rings is 1. The minimum atomic E-state index is -4.33. The molecule has 0 spiro atoms. The fourth-order valence-corrected chi connectivity index (χ4v) is 4.43. The van der Waals surface area contributed by atoms with E-state index < -0.39 is 28.6 Å². The fourth-order valence-electron chi connectivity index (χ4n) is 4.43. The van der Waals surface area contributed by atoms with E-state index in [0.29, 0.717) is 6.54 Å². The van der Waals surface area contributed by atoms with Crippen LogP contribution < -0.4 is 0 Å². The van der Waals surface area contributed by atoms with Gasteiger partial charge in [-0.15, -0.1) is 0 Å². The van der Waals surface area contributed by atoms with E-state index in [1.807, 2.05) is 35.2 Å². The molecule has 2 fully saturated rings. The molecule has 1 aromatic rings. The first-order valence-electron chi connectivity index (χ1n) is 8.74. The number of piperidine rings is 1. The van der Waals surface area contributed by atoms with Gasteiger partial charge in [-0.2, -0.15) is 13.2 Å². The Hall–Kier alpha value is -1.76. The summed E-state index contributed by atoms with van der Waals surface area (Å²) in [6.07, 6.45) is -5.49. The molecule has 1 N–H and O–H groups in total. The predicted molar refractivity (Wildman–Crippen MR) is 91.7 cm³/mol. The van der Waals surface area contributed by atoms with Crippen molar-refractivity contribution in [1.29, 1.82) is 0 Å². The van der Waals surface area contributed by atoms with Crippen LogP contribution in [0.2, 0.25) is 0 Å². The molecule has 1 saturated heterocycles. The number of rotatable bonds is 4. The molecule has 0 aromatic heterocycles. The summed E-state index contributed by atoms with van der Waals surface area (Å²) in [6.45, 7) is 5.70. The van der Waals surface area contributed by atoms with Crippen molar-refractivity contribution >= 4 is 6.09 Å². The van der Waals surface area contributed by atoms with Gasteiger partial charge >= 0.3 is 12.3 Å². The highest BCUT2D eigenvalue weighted by atomic mass is 19.4. The van der Waals surface area contributed by atoms with Crippen LogP contribution >= 0.6 is 0 Å². The molecule has 2 unspecified atom stereocenters. The molecule has 2 atom stereocenters. The van der Waals surface area contributed by atoms with Gasteiger partial charge in [0.05, 0.1) is 5.41 Å². The molecule has 7 heteroatoms. The molecular formula is C19H25F3N2O2. The van der Waals surface area contributed by atoms with E-state index in [1.54, 1.807) is 20.8 Å². The number of alkyl halides is 3. The maximum Gasteiger partial charge on any atom is 0.407 e. The van der Waals surface area contributed by atoms with Crippen molar-refractivity contribution in [2.24, 2.45) is 10.8 Å². The molecule has 1 aromatic carbocycles. The Balaban J connectivity index is 1.84. The second kappa shape index (κ2) is 5.87. The van der Waals surface area contributed by atoms with Gasteiger partial charge in [0.15, 0.2) is 0 Å². The van der Waals surface area contributed by atoms with Crippen LogP contribution in [0.1, 0.15) is 32.8 Å². The minimum Gasteiger partial charge on any atom is -0.465 e. The molecule has 1 saturated carbocycles. The lowest BCUT2D eigenvalue weighted by molar-refractivity contribution is -0.194. The van der Waals surface area contributed by atoms with Crippen LogP contribution in [0.5, 0.6) is 0 Å². The molecule has 1 aliphatic heterocycles. The summed E-state index contributed by atoms with van der Waals surface area (Å²) in [5.41, 5.74) is -2.63. The summed E-state index contributed by atoms with van der Waals surface area (Å²) in [5.74, 6) is 0. The molecule has 1 heterocycles. The Morgan fingerprint density at radius 3 is 2.31 bits per heavy atom. The highest BCUT2D eigenvalue weighted by Gasteiger charge is 2.83. The van der Waals surface area contributed by atoms with Crippen LogP contribution in [-0.2, 0) is 6.54 Å². The molecule has 144 valence electrons. The van der Waals surface area contributed by atoms with Gasteiger partial charge in [-0.1, -0.05) is 30.3 Å². The quantitative estimate of drug-likeness (QED) is 0.863. The summed E-state index contributed by atoms with van der Waals surface area (Å²) in [7, 11) is 0. The zero-order valence-corrected chi connectivity index (χ0v) is 15.3. The Morgan fingerprint density at radius 2 is 1.81 bits per heavy atom. The lowest BCUT2D eigenvalue weighted by Gasteiger charge is -2.36. The van der Waals surface area contributed by atoms with Crippen LogP contribution in [-0.4, -0.2) is 52.3 Å². The van der Waals surface area contributed by atoms with Gasteiger partial charge in [-0.25, -0.2) is 4.79 Å². The van der Waals surface area contributed by atoms with E-state index >= 15 is 0 Å². The van der Waals surface area contributed by atoms with Gasteiger partial charge < -0.3 is 10.0 Å². The third-order valence-corrected chi connectivity index (χ3v) is 5.84. The highest BCUT2D eigenvalue weighted by molar-refractivity contribution is 5.66. The van der Waals surface area contributed by atoms with E-state index in [4.69, 9.17) is 0 Å². The van der Waals surface area contributed by atoms with Gasteiger partial charge in [0.25, 0.3) is 0 Å². The second-order valence-electron chi connectivity index (χ2n) is 8.71. The average Bonchev–Trinajstić information content (AvgIpc) is 3.02. The Kier molecular flexibility index (Phi) is 4.30. The summed E-state index contributed by atoms with van der Waals surface area (Å²) in [5, 5.41) is 9.52. The van der Waals surface area contributed by atoms with Crippen LogP contribution in [0.4, 0.5) is 18.0 Å². The fraction of sp³-hybridized carbons (Fsp3) is 0.632. The van der Waals surface area contributed by atoms with E-state index in [-0.39, 0.29) is 26.1 Å². The molecule has 3 rings (SSSR count). The van der Waals surface area contributed by atoms with E-state index in [2.05, 4.69) is 0 Å². The first-order chi connectivity index (χ1) is 11.9. The van der Waals surface area contributed by atoms with Crippen molar-refractivity contribution in [3.05, 3.63) is 35.9 Å².